The van der Waals surface area contributed by atoms with Gasteiger partial charge in [-0.05, 0) is 25.7 Å². The molecule has 3 rings (SSSR count). The lowest BCUT2D eigenvalue weighted by Gasteiger charge is -2.61. The van der Waals surface area contributed by atoms with Crippen molar-refractivity contribution in [3.63, 3.8) is 0 Å². The molecule has 1 N–H and O–H groups in total. The number of fused-ring (bicyclic) bond motifs is 1. The SMILES string of the molecule is CC(=O)N1CCC(NC2C3CCCOC3C2(C)C)CC1. The third-order valence-corrected chi connectivity index (χ3v) is 5.69. The van der Waals surface area contributed by atoms with E-state index in [0.29, 0.717) is 24.1 Å². The molecule has 0 aromatic heterocycles. The molecule has 20 heavy (non-hydrogen) atoms. The Morgan fingerprint density at radius 3 is 2.60 bits per heavy atom. The Morgan fingerprint density at radius 1 is 1.25 bits per heavy atom. The fraction of sp³-hybridized carbons (Fsp3) is 0.938. The zero-order valence-electron chi connectivity index (χ0n) is 13.0. The van der Waals surface area contributed by atoms with Crippen LogP contribution in [0, 0.1) is 11.3 Å². The van der Waals surface area contributed by atoms with E-state index < -0.39 is 0 Å². The minimum Gasteiger partial charge on any atom is -0.377 e. The maximum atomic E-state index is 11.4. The molecule has 0 aromatic carbocycles. The van der Waals surface area contributed by atoms with E-state index in [4.69, 9.17) is 4.74 Å². The number of carbonyl (C=O) groups excluding carboxylic acids is 1. The number of piperidine rings is 1. The van der Waals surface area contributed by atoms with Gasteiger partial charge in [0.2, 0.25) is 5.91 Å². The molecule has 4 heteroatoms. The average molecular weight is 280 g/mol. The zero-order chi connectivity index (χ0) is 14.3. The standard InChI is InChI=1S/C16H28N2O2/c1-11(19)18-8-6-12(7-9-18)17-14-13-5-4-10-20-15(13)16(14,2)3/h12-15,17H,4-10H2,1-3H3. The van der Waals surface area contributed by atoms with Crippen molar-refractivity contribution in [2.45, 2.75) is 64.6 Å². The van der Waals surface area contributed by atoms with Crippen molar-refractivity contribution in [3.8, 4) is 0 Å². The number of nitrogens with one attached hydrogen (secondary N) is 1. The van der Waals surface area contributed by atoms with Gasteiger partial charge in [0.1, 0.15) is 0 Å². The summed E-state index contributed by atoms with van der Waals surface area (Å²) in [4.78, 5) is 13.3. The summed E-state index contributed by atoms with van der Waals surface area (Å²) in [5, 5.41) is 3.89. The minimum absolute atomic E-state index is 0.216. The molecule has 3 fully saturated rings. The van der Waals surface area contributed by atoms with E-state index in [0.717, 1.165) is 32.5 Å². The number of likely N-dealkylation sites (tertiary alicyclic amines) is 1. The Balaban J connectivity index is 1.55. The molecule has 4 nitrogen and oxygen atoms in total. The van der Waals surface area contributed by atoms with Crippen molar-refractivity contribution in [2.24, 2.45) is 11.3 Å². The van der Waals surface area contributed by atoms with Crippen LogP contribution in [0.25, 0.3) is 0 Å². The van der Waals surface area contributed by atoms with Gasteiger partial charge in [-0.1, -0.05) is 13.8 Å². The number of rotatable bonds is 2. The number of hydrogen-bond donors (Lipinski definition) is 1. The Hall–Kier alpha value is -0.610. The van der Waals surface area contributed by atoms with Crippen molar-refractivity contribution in [1.29, 1.82) is 0 Å². The molecule has 2 heterocycles. The van der Waals surface area contributed by atoms with E-state index in [-0.39, 0.29) is 11.3 Å². The summed E-state index contributed by atoms with van der Waals surface area (Å²) in [6.07, 6.45) is 5.14. The Bertz CT molecular complexity index is 375. The van der Waals surface area contributed by atoms with Crippen molar-refractivity contribution < 1.29 is 9.53 Å². The molecule has 0 radical (unpaired) electrons. The van der Waals surface area contributed by atoms with Gasteiger partial charge < -0.3 is 15.0 Å². The van der Waals surface area contributed by atoms with Crippen LogP contribution in [-0.2, 0) is 9.53 Å². The van der Waals surface area contributed by atoms with E-state index >= 15 is 0 Å². The highest BCUT2D eigenvalue weighted by Gasteiger charge is 2.58. The van der Waals surface area contributed by atoms with Crippen molar-refractivity contribution in [3.05, 3.63) is 0 Å². The van der Waals surface area contributed by atoms with Crippen LogP contribution in [0.15, 0.2) is 0 Å². The molecule has 0 bridgehead atoms. The summed E-state index contributed by atoms with van der Waals surface area (Å²) in [5.41, 5.74) is 0.253. The van der Waals surface area contributed by atoms with Gasteiger partial charge in [-0.15, -0.1) is 0 Å². The highest BCUT2D eigenvalue weighted by atomic mass is 16.5. The molecular formula is C16H28N2O2. The fourth-order valence-corrected chi connectivity index (χ4v) is 4.48. The Kier molecular flexibility index (Phi) is 3.80. The van der Waals surface area contributed by atoms with Gasteiger partial charge in [0, 0.05) is 50.0 Å². The lowest BCUT2D eigenvalue weighted by Crippen LogP contribution is -2.71. The number of amides is 1. The molecule has 2 saturated heterocycles. The highest BCUT2D eigenvalue weighted by molar-refractivity contribution is 5.73. The van der Waals surface area contributed by atoms with Crippen LogP contribution in [0.4, 0.5) is 0 Å². The molecule has 114 valence electrons. The first kappa shape index (κ1) is 14.3. The summed E-state index contributed by atoms with van der Waals surface area (Å²) in [6.45, 7) is 9.10. The number of carbonyl (C=O) groups is 1. The van der Waals surface area contributed by atoms with E-state index in [1.54, 1.807) is 6.92 Å². The molecular weight excluding hydrogens is 252 g/mol. The van der Waals surface area contributed by atoms with Crippen LogP contribution >= 0.6 is 0 Å². The van der Waals surface area contributed by atoms with Crippen LogP contribution in [0.2, 0.25) is 0 Å². The van der Waals surface area contributed by atoms with E-state index in [1.807, 2.05) is 4.90 Å². The van der Waals surface area contributed by atoms with Gasteiger partial charge >= 0.3 is 0 Å². The van der Waals surface area contributed by atoms with Gasteiger partial charge in [-0.2, -0.15) is 0 Å². The van der Waals surface area contributed by atoms with Gasteiger partial charge in [-0.25, -0.2) is 0 Å². The third-order valence-electron chi connectivity index (χ3n) is 5.69. The first-order valence-electron chi connectivity index (χ1n) is 8.13. The van der Waals surface area contributed by atoms with Crippen LogP contribution in [0.1, 0.15) is 46.5 Å². The average Bonchev–Trinajstić information content (AvgIpc) is 2.45. The second-order valence-electron chi connectivity index (χ2n) is 7.34. The summed E-state index contributed by atoms with van der Waals surface area (Å²) in [7, 11) is 0. The molecule has 2 aliphatic heterocycles. The minimum atomic E-state index is 0.216. The first-order chi connectivity index (χ1) is 9.50. The summed E-state index contributed by atoms with van der Waals surface area (Å²) in [6, 6.07) is 1.15. The molecule has 3 atom stereocenters. The lowest BCUT2D eigenvalue weighted by atomic mass is 9.55. The van der Waals surface area contributed by atoms with Crippen LogP contribution < -0.4 is 5.32 Å². The maximum Gasteiger partial charge on any atom is 0.219 e. The summed E-state index contributed by atoms with van der Waals surface area (Å²) < 4.78 is 5.97. The quantitative estimate of drug-likeness (QED) is 0.838. The number of ether oxygens (including phenoxy) is 1. The van der Waals surface area contributed by atoms with Crippen LogP contribution in [0.3, 0.4) is 0 Å². The number of hydrogen-bond acceptors (Lipinski definition) is 3. The molecule has 0 spiro atoms. The fourth-order valence-electron chi connectivity index (χ4n) is 4.48. The van der Waals surface area contributed by atoms with E-state index in [9.17, 15) is 4.79 Å². The highest BCUT2D eigenvalue weighted by Crippen LogP contribution is 2.51. The summed E-state index contributed by atoms with van der Waals surface area (Å²) >= 11 is 0. The second-order valence-corrected chi connectivity index (χ2v) is 7.34. The topological polar surface area (TPSA) is 41.6 Å². The van der Waals surface area contributed by atoms with Crippen molar-refractivity contribution in [2.75, 3.05) is 19.7 Å². The van der Waals surface area contributed by atoms with Crippen LogP contribution in [0.5, 0.6) is 0 Å². The molecule has 1 amide bonds. The first-order valence-corrected chi connectivity index (χ1v) is 8.13. The maximum absolute atomic E-state index is 11.4. The largest absolute Gasteiger partial charge is 0.377 e. The Labute approximate surface area is 122 Å². The predicted octanol–water partition coefficient (Wildman–Crippen LogP) is 1.79. The van der Waals surface area contributed by atoms with Crippen molar-refractivity contribution in [1.82, 2.24) is 10.2 Å². The van der Waals surface area contributed by atoms with Crippen molar-refractivity contribution >= 4 is 5.91 Å². The molecule has 0 aromatic rings. The van der Waals surface area contributed by atoms with Gasteiger partial charge in [-0.3, -0.25) is 4.79 Å². The predicted molar refractivity (Wildman–Crippen MR) is 78.4 cm³/mol. The van der Waals surface area contributed by atoms with E-state index in [2.05, 4.69) is 19.2 Å². The lowest BCUT2D eigenvalue weighted by molar-refractivity contribution is -0.195. The molecule has 3 aliphatic rings. The molecule has 1 saturated carbocycles. The van der Waals surface area contributed by atoms with Gasteiger partial charge in [0.15, 0.2) is 0 Å². The smallest absolute Gasteiger partial charge is 0.219 e. The zero-order valence-corrected chi connectivity index (χ0v) is 13.0. The normalized spacial score (nSPS) is 37.1. The van der Waals surface area contributed by atoms with Gasteiger partial charge in [0.05, 0.1) is 6.10 Å². The van der Waals surface area contributed by atoms with Crippen LogP contribution in [-0.4, -0.2) is 48.7 Å². The summed E-state index contributed by atoms with van der Waals surface area (Å²) in [5.74, 6) is 0.915. The number of nitrogens with zero attached hydrogens (tertiary/aromatic N) is 1. The monoisotopic (exact) mass is 280 g/mol. The Morgan fingerprint density at radius 2 is 1.95 bits per heavy atom. The van der Waals surface area contributed by atoms with Gasteiger partial charge in [0.25, 0.3) is 0 Å². The van der Waals surface area contributed by atoms with E-state index in [1.165, 1.54) is 12.8 Å². The molecule has 1 aliphatic carbocycles. The third kappa shape index (κ3) is 2.37. The second kappa shape index (κ2) is 5.30. The molecule has 3 unspecified atom stereocenters.